The highest BCUT2D eigenvalue weighted by Crippen LogP contribution is 2.50. The van der Waals surface area contributed by atoms with E-state index < -0.39 is 6.04 Å². The monoisotopic (exact) mass is 776 g/mol. The van der Waals surface area contributed by atoms with Gasteiger partial charge in [-0.15, -0.1) is 0 Å². The van der Waals surface area contributed by atoms with E-state index >= 15 is 4.39 Å². The van der Waals surface area contributed by atoms with E-state index in [1.165, 1.54) is 34.0 Å². The Morgan fingerprint density at radius 1 is 0.842 bits per heavy atom. The molecule has 10 nitrogen and oxygen atoms in total. The number of hydrogen-bond acceptors (Lipinski definition) is 8. The number of phenols is 1. The largest absolute Gasteiger partial charge is 0.508 e. The molecule has 0 saturated carbocycles. The number of amides is 2. The van der Waals surface area contributed by atoms with Crippen LogP contribution >= 0.6 is 0 Å². The summed E-state index contributed by atoms with van der Waals surface area (Å²) in [6, 6.07) is 28.1. The summed E-state index contributed by atoms with van der Waals surface area (Å²) >= 11 is 0. The number of aryl methyl sites for hydroxylation is 1. The van der Waals surface area contributed by atoms with E-state index in [1.54, 1.807) is 7.11 Å². The third-order valence-corrected chi connectivity index (χ3v) is 12.5. The highest BCUT2D eigenvalue weighted by Gasteiger charge is 2.35. The molecule has 2 amide bonds. The SMILES string of the molecule is COc1cc(N2CCC(CN3CCC(c4ccc(N[C@@H]5CCC(=O)NC5=O)cc4F)CC3)CC2)ccc1[C@@H]1c2ccc(O)cc2CC[C@@H]1c1ccccc1.O=CO. The molecule has 4 aromatic rings. The number of imide groups is 1. The quantitative estimate of drug-likeness (QED) is 0.101. The Morgan fingerprint density at radius 2 is 1.56 bits per heavy atom. The van der Waals surface area contributed by atoms with Crippen molar-refractivity contribution < 1.29 is 33.7 Å². The molecule has 57 heavy (non-hydrogen) atoms. The van der Waals surface area contributed by atoms with Gasteiger partial charge in [-0.25, -0.2) is 4.39 Å². The van der Waals surface area contributed by atoms with Gasteiger partial charge in [0, 0.05) is 55.0 Å². The van der Waals surface area contributed by atoms with Gasteiger partial charge in [-0.3, -0.25) is 19.7 Å². The maximum absolute atomic E-state index is 15.3. The number of ether oxygens (including phenoxy) is 1. The number of carboxylic acid groups (broad SMARTS) is 1. The predicted octanol–water partition coefficient (Wildman–Crippen LogP) is 7.42. The van der Waals surface area contributed by atoms with Gasteiger partial charge in [-0.1, -0.05) is 48.5 Å². The number of piperidine rings is 3. The highest BCUT2D eigenvalue weighted by molar-refractivity contribution is 6.01. The van der Waals surface area contributed by atoms with Crippen LogP contribution in [0.4, 0.5) is 15.8 Å². The number of phenolic OH excluding ortho intramolecular Hbond substituents is 1. The molecule has 11 heteroatoms. The third kappa shape index (κ3) is 9.25. The van der Waals surface area contributed by atoms with Crippen LogP contribution in [0.5, 0.6) is 11.5 Å². The van der Waals surface area contributed by atoms with Crippen LogP contribution in [0.3, 0.4) is 0 Å². The first-order chi connectivity index (χ1) is 27.7. The standard InChI is InChI=1S/C45H51FN4O4.CH2O2/c1-54-42-27-34(9-13-39(42)44-37(30-5-3-2-4-6-30)11-7-32-25-35(51)10-14-38(32)44)50-23-17-29(18-24-50)28-49-21-19-31(20-22-49)36-12-8-33(26-40(36)46)47-41-15-16-43(52)48-45(41)53;2-1-3/h2-6,8-10,12-14,25-27,29,31,37,41,44,47,51H,7,11,15-24,28H2,1H3,(H,48,52,53);1H,(H,2,3)/t37-,41-,44+;/m1./s1. The van der Waals surface area contributed by atoms with Crippen LogP contribution in [0.25, 0.3) is 0 Å². The molecule has 1 aliphatic carbocycles. The van der Waals surface area contributed by atoms with Gasteiger partial charge in [0.25, 0.3) is 6.47 Å². The first kappa shape index (κ1) is 39.8. The number of fused-ring (bicyclic) bond motifs is 1. The first-order valence-electron chi connectivity index (χ1n) is 20.2. The number of halogens is 1. The number of benzene rings is 4. The molecule has 0 bridgehead atoms. The molecule has 0 radical (unpaired) electrons. The minimum absolute atomic E-state index is 0.133. The molecule has 300 valence electrons. The molecule has 4 aliphatic rings. The van der Waals surface area contributed by atoms with Gasteiger partial charge in [-0.2, -0.15) is 0 Å². The summed E-state index contributed by atoms with van der Waals surface area (Å²) in [4.78, 5) is 37.0. The Bertz CT molecular complexity index is 2030. The normalized spacial score (nSPS) is 21.8. The summed E-state index contributed by atoms with van der Waals surface area (Å²) in [5, 5.41) is 22.6. The van der Waals surface area contributed by atoms with Crippen molar-refractivity contribution in [2.75, 3.05) is 50.1 Å². The second-order valence-electron chi connectivity index (χ2n) is 15.8. The Kier molecular flexibility index (Phi) is 12.7. The van der Waals surface area contributed by atoms with Crippen molar-refractivity contribution in [3.8, 4) is 11.5 Å². The lowest BCUT2D eigenvalue weighted by molar-refractivity contribution is -0.133. The predicted molar refractivity (Wildman–Crippen MR) is 219 cm³/mol. The Hall–Kier alpha value is -5.42. The molecular formula is C46H53FN4O6. The van der Waals surface area contributed by atoms with Crippen molar-refractivity contribution in [1.82, 2.24) is 10.2 Å². The van der Waals surface area contributed by atoms with Crippen LogP contribution in [0.1, 0.15) is 90.5 Å². The van der Waals surface area contributed by atoms with Gasteiger partial charge in [-0.05, 0) is 128 Å². The van der Waals surface area contributed by atoms with Crippen LogP contribution in [0, 0.1) is 11.7 Å². The lowest BCUT2D eigenvalue weighted by Crippen LogP contribution is -2.47. The number of likely N-dealkylation sites (tertiary alicyclic amines) is 1. The van der Waals surface area contributed by atoms with Gasteiger partial charge in [0.15, 0.2) is 0 Å². The summed E-state index contributed by atoms with van der Waals surface area (Å²) in [7, 11) is 1.78. The number of nitrogens with one attached hydrogen (secondary N) is 2. The smallest absolute Gasteiger partial charge is 0.290 e. The summed E-state index contributed by atoms with van der Waals surface area (Å²) < 4.78 is 21.4. The van der Waals surface area contributed by atoms with Gasteiger partial charge >= 0.3 is 0 Å². The minimum atomic E-state index is -0.526. The maximum Gasteiger partial charge on any atom is 0.290 e. The fraction of sp³-hybridized carbons (Fsp3) is 0.413. The van der Waals surface area contributed by atoms with Gasteiger partial charge in [0.05, 0.1) is 7.11 Å². The number of hydrogen-bond donors (Lipinski definition) is 4. The maximum atomic E-state index is 15.3. The van der Waals surface area contributed by atoms with Gasteiger partial charge in [0.1, 0.15) is 23.4 Å². The van der Waals surface area contributed by atoms with Crippen LogP contribution in [-0.2, 0) is 20.8 Å². The first-order valence-corrected chi connectivity index (χ1v) is 20.2. The zero-order chi connectivity index (χ0) is 39.9. The lowest BCUT2D eigenvalue weighted by atomic mass is 9.69. The van der Waals surface area contributed by atoms with Crippen LogP contribution in [0.2, 0.25) is 0 Å². The van der Waals surface area contributed by atoms with Crippen LogP contribution in [0.15, 0.2) is 84.9 Å². The molecule has 0 spiro atoms. The highest BCUT2D eigenvalue weighted by atomic mass is 19.1. The van der Waals surface area contributed by atoms with E-state index in [2.05, 4.69) is 75.0 Å². The van der Waals surface area contributed by atoms with Crippen molar-refractivity contribution in [2.24, 2.45) is 5.92 Å². The number of carbonyl (C=O) groups is 3. The number of nitrogens with zero attached hydrogens (tertiary/aromatic N) is 2. The molecule has 3 atom stereocenters. The minimum Gasteiger partial charge on any atom is -0.508 e. The number of carbonyl (C=O) groups excluding carboxylic acids is 2. The van der Waals surface area contributed by atoms with E-state index in [4.69, 9.17) is 14.6 Å². The fourth-order valence-corrected chi connectivity index (χ4v) is 9.55. The van der Waals surface area contributed by atoms with E-state index in [0.717, 1.165) is 82.6 Å². The zero-order valence-electron chi connectivity index (χ0n) is 32.5. The van der Waals surface area contributed by atoms with Gasteiger partial charge < -0.3 is 30.1 Å². The fourth-order valence-electron chi connectivity index (χ4n) is 9.55. The molecule has 3 aliphatic heterocycles. The van der Waals surface area contributed by atoms with E-state index in [1.807, 2.05) is 24.3 Å². The Balaban J connectivity index is 0.00000160. The average molecular weight is 777 g/mol. The summed E-state index contributed by atoms with van der Waals surface area (Å²) in [6.07, 6.45) is 6.77. The van der Waals surface area contributed by atoms with Crippen molar-refractivity contribution in [1.29, 1.82) is 0 Å². The van der Waals surface area contributed by atoms with E-state index in [9.17, 15) is 14.7 Å². The number of methoxy groups -OCH3 is 1. The average Bonchev–Trinajstić information content (AvgIpc) is 3.22. The molecular weight excluding hydrogens is 724 g/mol. The summed E-state index contributed by atoms with van der Waals surface area (Å²) in [5.41, 5.74) is 7.53. The van der Waals surface area contributed by atoms with Crippen molar-refractivity contribution in [2.45, 2.75) is 75.2 Å². The van der Waals surface area contributed by atoms with Crippen LogP contribution < -0.4 is 20.3 Å². The number of rotatable bonds is 9. The van der Waals surface area contributed by atoms with Crippen molar-refractivity contribution >= 4 is 29.7 Å². The van der Waals surface area contributed by atoms with Gasteiger partial charge in [0.2, 0.25) is 11.8 Å². The zero-order valence-corrected chi connectivity index (χ0v) is 32.5. The molecule has 8 rings (SSSR count). The molecule has 3 saturated heterocycles. The topological polar surface area (TPSA) is 131 Å². The summed E-state index contributed by atoms with van der Waals surface area (Å²) in [6.45, 7) is 4.77. The number of anilines is 2. The van der Waals surface area contributed by atoms with E-state index in [-0.39, 0.29) is 42.4 Å². The van der Waals surface area contributed by atoms with Crippen LogP contribution in [-0.4, -0.2) is 79.3 Å². The Morgan fingerprint density at radius 3 is 2.26 bits per heavy atom. The number of aromatic hydroxyl groups is 1. The summed E-state index contributed by atoms with van der Waals surface area (Å²) in [5.74, 6) is 1.65. The molecule has 3 fully saturated rings. The lowest BCUT2D eigenvalue weighted by Gasteiger charge is -2.39. The van der Waals surface area contributed by atoms with E-state index in [0.29, 0.717) is 29.7 Å². The van der Waals surface area contributed by atoms with Crippen molar-refractivity contribution in [3.63, 3.8) is 0 Å². The molecule has 4 N–H and O–H groups in total. The molecule has 3 heterocycles. The second kappa shape index (κ2) is 18.2. The van der Waals surface area contributed by atoms with Crippen molar-refractivity contribution in [3.05, 3.63) is 119 Å². The molecule has 4 aromatic carbocycles. The Labute approximate surface area is 334 Å². The molecule has 0 unspecified atom stereocenters. The second-order valence-corrected chi connectivity index (χ2v) is 15.8. The third-order valence-electron chi connectivity index (χ3n) is 12.5. The molecule has 0 aromatic heterocycles.